The first-order valence-corrected chi connectivity index (χ1v) is 4.85. The van der Waals surface area contributed by atoms with Gasteiger partial charge in [0, 0.05) is 13.0 Å². The Morgan fingerprint density at radius 1 is 1.00 bits per heavy atom. The topological polar surface area (TPSA) is 20.2 Å². The summed E-state index contributed by atoms with van der Waals surface area (Å²) in [5.41, 5.74) is -3.89. The normalized spacial score (nSPS) is 18.9. The Morgan fingerprint density at radius 3 is 1.76 bits per heavy atom. The molecule has 104 valence electrons. The molecule has 0 amide bonds. The van der Waals surface area contributed by atoms with Crippen LogP contribution in [0.1, 0.15) is 26.2 Å². The van der Waals surface area contributed by atoms with Gasteiger partial charge in [0.15, 0.2) is 0 Å². The Hall–Kier alpha value is -0.530. The molecule has 0 aromatic carbocycles. The number of aliphatic hydroxyl groups excluding tert-OH is 1. The van der Waals surface area contributed by atoms with Gasteiger partial charge in [-0.3, -0.25) is 0 Å². The number of halogens is 7. The molecule has 0 fully saturated rings. The van der Waals surface area contributed by atoms with E-state index in [0.717, 1.165) is 0 Å². The zero-order valence-electron chi connectivity index (χ0n) is 9.00. The second kappa shape index (κ2) is 5.41. The highest BCUT2D eigenvalue weighted by Crippen LogP contribution is 2.43. The Labute approximate surface area is 93.6 Å². The van der Waals surface area contributed by atoms with Crippen molar-refractivity contribution in [3.8, 4) is 0 Å². The fourth-order valence-electron chi connectivity index (χ4n) is 1.30. The van der Waals surface area contributed by atoms with Crippen molar-refractivity contribution in [3.05, 3.63) is 0 Å². The Morgan fingerprint density at radius 2 is 1.47 bits per heavy atom. The van der Waals surface area contributed by atoms with Crippen molar-refractivity contribution >= 4 is 0 Å². The van der Waals surface area contributed by atoms with Crippen LogP contribution >= 0.6 is 0 Å². The summed E-state index contributed by atoms with van der Waals surface area (Å²) in [5.74, 6) is -2.41. The monoisotopic (exact) mass is 270 g/mol. The maximum absolute atomic E-state index is 13.1. The van der Waals surface area contributed by atoms with E-state index in [1.165, 1.54) is 0 Å². The summed E-state index contributed by atoms with van der Waals surface area (Å²) < 4.78 is 86.5. The molecule has 0 aliphatic heterocycles. The molecule has 1 N–H and O–H groups in total. The molecule has 2 atom stereocenters. The van der Waals surface area contributed by atoms with Crippen molar-refractivity contribution in [1.82, 2.24) is 0 Å². The minimum absolute atomic E-state index is 0.0880. The van der Waals surface area contributed by atoms with Crippen LogP contribution in [-0.4, -0.2) is 29.7 Å². The van der Waals surface area contributed by atoms with Gasteiger partial charge in [-0.05, 0) is 19.8 Å². The third kappa shape index (κ3) is 5.10. The molecule has 0 aromatic heterocycles. The lowest BCUT2D eigenvalue weighted by Crippen LogP contribution is -2.42. The SMILES string of the molecule is CC(F)(CC(CCCO)C(F)(F)F)C(F)(F)F. The molecule has 0 bridgehead atoms. The van der Waals surface area contributed by atoms with Crippen molar-refractivity contribution in [3.63, 3.8) is 0 Å². The summed E-state index contributed by atoms with van der Waals surface area (Å²) in [5, 5.41) is 8.36. The Balaban J connectivity index is 4.75. The first-order chi connectivity index (χ1) is 7.42. The third-order valence-corrected chi connectivity index (χ3v) is 2.39. The predicted octanol–water partition coefficient (Wildman–Crippen LogP) is 3.62. The first kappa shape index (κ1) is 16.5. The van der Waals surface area contributed by atoms with Crippen molar-refractivity contribution in [2.75, 3.05) is 6.61 Å². The van der Waals surface area contributed by atoms with Crippen LogP contribution in [0, 0.1) is 5.92 Å². The van der Waals surface area contributed by atoms with Gasteiger partial charge < -0.3 is 5.11 Å². The smallest absolute Gasteiger partial charge is 0.396 e. The van der Waals surface area contributed by atoms with E-state index in [4.69, 9.17) is 5.11 Å². The molecule has 0 aromatic rings. The van der Waals surface area contributed by atoms with E-state index >= 15 is 0 Å². The summed E-state index contributed by atoms with van der Waals surface area (Å²) in [7, 11) is 0. The quantitative estimate of drug-likeness (QED) is 0.756. The molecule has 0 rings (SSSR count). The summed E-state index contributed by atoms with van der Waals surface area (Å²) in [6, 6.07) is 0. The summed E-state index contributed by atoms with van der Waals surface area (Å²) in [6.45, 7) is -0.494. The number of aliphatic hydroxyl groups is 1. The first-order valence-electron chi connectivity index (χ1n) is 4.85. The number of rotatable bonds is 5. The number of alkyl halides is 7. The molecule has 0 saturated carbocycles. The van der Waals surface area contributed by atoms with Crippen LogP contribution in [0.15, 0.2) is 0 Å². The van der Waals surface area contributed by atoms with Gasteiger partial charge in [-0.25, -0.2) is 4.39 Å². The number of hydrogen-bond acceptors (Lipinski definition) is 1. The lowest BCUT2D eigenvalue weighted by molar-refractivity contribution is -0.248. The highest BCUT2D eigenvalue weighted by Gasteiger charge is 2.56. The minimum Gasteiger partial charge on any atom is -0.396 e. The van der Waals surface area contributed by atoms with E-state index < -0.39 is 43.4 Å². The van der Waals surface area contributed by atoms with Crippen molar-refractivity contribution in [2.45, 2.75) is 44.2 Å². The van der Waals surface area contributed by atoms with Crippen LogP contribution < -0.4 is 0 Å². The zero-order chi connectivity index (χ0) is 13.9. The van der Waals surface area contributed by atoms with Crippen LogP contribution in [0.25, 0.3) is 0 Å². The minimum atomic E-state index is -5.34. The molecule has 0 spiro atoms. The predicted molar refractivity (Wildman–Crippen MR) is 46.0 cm³/mol. The van der Waals surface area contributed by atoms with Crippen molar-refractivity contribution < 1.29 is 35.8 Å². The fraction of sp³-hybridized carbons (Fsp3) is 1.00. The van der Waals surface area contributed by atoms with E-state index in [-0.39, 0.29) is 13.3 Å². The van der Waals surface area contributed by atoms with Gasteiger partial charge in [0.25, 0.3) is 0 Å². The molecule has 0 heterocycles. The summed E-state index contributed by atoms with van der Waals surface area (Å²) in [4.78, 5) is 0. The molecule has 0 radical (unpaired) electrons. The van der Waals surface area contributed by atoms with Crippen LogP contribution in [0.5, 0.6) is 0 Å². The van der Waals surface area contributed by atoms with E-state index in [1.54, 1.807) is 0 Å². The lowest BCUT2D eigenvalue weighted by Gasteiger charge is -2.29. The molecule has 0 aliphatic rings. The van der Waals surface area contributed by atoms with Crippen LogP contribution in [0.3, 0.4) is 0 Å². The maximum atomic E-state index is 13.1. The van der Waals surface area contributed by atoms with Gasteiger partial charge in [0.1, 0.15) is 0 Å². The van der Waals surface area contributed by atoms with Crippen LogP contribution in [-0.2, 0) is 0 Å². The Bertz CT molecular complexity index is 230. The highest BCUT2D eigenvalue weighted by molar-refractivity contribution is 4.87. The van der Waals surface area contributed by atoms with Gasteiger partial charge in [-0.1, -0.05) is 0 Å². The average Bonchev–Trinajstić information content (AvgIpc) is 2.08. The molecule has 0 saturated heterocycles. The van der Waals surface area contributed by atoms with Gasteiger partial charge in [-0.2, -0.15) is 26.3 Å². The standard InChI is InChI=1S/C9H13F7O/c1-7(10,9(14,15)16)5-6(3-2-4-17)8(11,12)13/h6,17H,2-5H2,1H3. The third-order valence-electron chi connectivity index (χ3n) is 2.39. The summed E-state index contributed by atoms with van der Waals surface area (Å²) >= 11 is 0. The molecule has 8 heteroatoms. The number of hydrogen-bond donors (Lipinski definition) is 1. The van der Waals surface area contributed by atoms with Gasteiger partial charge in [-0.15, -0.1) is 0 Å². The second-order valence-corrected chi connectivity index (χ2v) is 4.00. The van der Waals surface area contributed by atoms with E-state index in [1.807, 2.05) is 0 Å². The van der Waals surface area contributed by atoms with Crippen LogP contribution in [0.2, 0.25) is 0 Å². The average molecular weight is 270 g/mol. The van der Waals surface area contributed by atoms with Crippen molar-refractivity contribution in [2.24, 2.45) is 5.92 Å². The van der Waals surface area contributed by atoms with E-state index in [0.29, 0.717) is 0 Å². The van der Waals surface area contributed by atoms with Crippen LogP contribution in [0.4, 0.5) is 30.7 Å². The van der Waals surface area contributed by atoms with Gasteiger partial charge in [0.2, 0.25) is 5.67 Å². The maximum Gasteiger partial charge on any atom is 0.422 e. The second-order valence-electron chi connectivity index (χ2n) is 4.00. The molecular weight excluding hydrogens is 257 g/mol. The molecule has 0 aliphatic carbocycles. The Kier molecular flexibility index (Phi) is 5.24. The largest absolute Gasteiger partial charge is 0.422 e. The van der Waals surface area contributed by atoms with Gasteiger partial charge >= 0.3 is 12.4 Å². The van der Waals surface area contributed by atoms with E-state index in [9.17, 15) is 30.7 Å². The summed E-state index contributed by atoms with van der Waals surface area (Å²) in [6.07, 6.45) is -13.0. The van der Waals surface area contributed by atoms with Crippen molar-refractivity contribution in [1.29, 1.82) is 0 Å². The lowest BCUT2D eigenvalue weighted by atomic mass is 9.89. The molecule has 1 nitrogen and oxygen atoms in total. The zero-order valence-corrected chi connectivity index (χ0v) is 9.00. The fourth-order valence-corrected chi connectivity index (χ4v) is 1.30. The highest BCUT2D eigenvalue weighted by atomic mass is 19.4. The molecule has 17 heavy (non-hydrogen) atoms. The van der Waals surface area contributed by atoms with E-state index in [2.05, 4.69) is 0 Å². The molecular formula is C9H13F7O. The molecule has 2 unspecified atom stereocenters. The van der Waals surface area contributed by atoms with Gasteiger partial charge in [0.05, 0.1) is 5.92 Å².